The predicted octanol–water partition coefficient (Wildman–Crippen LogP) is 2.81. The van der Waals surface area contributed by atoms with Crippen molar-refractivity contribution in [2.45, 2.75) is 0 Å². The Balaban J connectivity index is 3.53. The van der Waals surface area contributed by atoms with Crippen molar-refractivity contribution >= 4 is 34.6 Å². The van der Waals surface area contributed by atoms with Crippen LogP contribution in [0.4, 0.5) is 11.4 Å². The number of nitro benzene ring substituents is 2. The van der Waals surface area contributed by atoms with Crippen molar-refractivity contribution in [3.05, 3.63) is 42.4 Å². The van der Waals surface area contributed by atoms with Crippen molar-refractivity contribution in [3.63, 3.8) is 0 Å². The van der Waals surface area contributed by atoms with Gasteiger partial charge in [-0.05, 0) is 6.07 Å². The van der Waals surface area contributed by atoms with Crippen molar-refractivity contribution < 1.29 is 9.85 Å². The van der Waals surface area contributed by atoms with Gasteiger partial charge >= 0.3 is 11.4 Å². The minimum absolute atomic E-state index is 0.0935. The van der Waals surface area contributed by atoms with Crippen LogP contribution in [0, 0.1) is 20.2 Å². The zero-order valence-electron chi connectivity index (χ0n) is 6.44. The SMILES string of the molecule is O=[N+]([O-])c1ccc(Cl)c(Cl)c1[N+](=O)[O-]. The highest BCUT2D eigenvalue weighted by atomic mass is 35.5. The smallest absolute Gasteiger partial charge is 0.258 e. The van der Waals surface area contributed by atoms with Crippen molar-refractivity contribution in [2.75, 3.05) is 0 Å². The molecule has 1 aromatic rings. The molecule has 0 aliphatic carbocycles. The molecule has 0 unspecified atom stereocenters. The normalized spacial score (nSPS) is 9.86. The third kappa shape index (κ3) is 1.75. The van der Waals surface area contributed by atoms with E-state index in [-0.39, 0.29) is 5.02 Å². The molecule has 0 saturated heterocycles. The highest BCUT2D eigenvalue weighted by Crippen LogP contribution is 2.38. The molecule has 14 heavy (non-hydrogen) atoms. The number of nitro groups is 2. The molecule has 0 heterocycles. The second-order valence-electron chi connectivity index (χ2n) is 2.24. The van der Waals surface area contributed by atoms with E-state index in [2.05, 4.69) is 0 Å². The summed E-state index contributed by atoms with van der Waals surface area (Å²) in [5.74, 6) is 0. The second-order valence-corrected chi connectivity index (χ2v) is 3.03. The van der Waals surface area contributed by atoms with Gasteiger partial charge in [-0.15, -0.1) is 0 Å². The highest BCUT2D eigenvalue weighted by molar-refractivity contribution is 6.43. The monoisotopic (exact) mass is 236 g/mol. The van der Waals surface area contributed by atoms with Crippen LogP contribution < -0.4 is 0 Å². The van der Waals surface area contributed by atoms with Crippen LogP contribution in [0.1, 0.15) is 0 Å². The fraction of sp³-hybridized carbons (Fsp3) is 0. The summed E-state index contributed by atoms with van der Waals surface area (Å²) in [7, 11) is 0. The number of hydrogen-bond acceptors (Lipinski definition) is 4. The number of halogens is 2. The molecule has 1 rings (SSSR count). The summed E-state index contributed by atoms with van der Waals surface area (Å²) in [6.45, 7) is 0. The van der Waals surface area contributed by atoms with Crippen LogP contribution in [0.25, 0.3) is 0 Å². The first kappa shape index (κ1) is 10.7. The van der Waals surface area contributed by atoms with Gasteiger partial charge in [0, 0.05) is 6.07 Å². The first-order valence-electron chi connectivity index (χ1n) is 3.22. The van der Waals surface area contributed by atoms with Crippen LogP contribution in [0.5, 0.6) is 0 Å². The molecule has 0 radical (unpaired) electrons. The summed E-state index contributed by atoms with van der Waals surface area (Å²) in [6, 6.07) is 2.07. The van der Waals surface area contributed by atoms with Crippen LogP contribution in [-0.4, -0.2) is 9.85 Å². The molecule has 0 N–H and O–H groups in total. The summed E-state index contributed by atoms with van der Waals surface area (Å²) in [5, 5.41) is 20.3. The first-order valence-corrected chi connectivity index (χ1v) is 3.97. The maximum atomic E-state index is 10.5. The van der Waals surface area contributed by atoms with E-state index in [4.69, 9.17) is 23.2 Å². The van der Waals surface area contributed by atoms with Crippen molar-refractivity contribution in [1.29, 1.82) is 0 Å². The van der Waals surface area contributed by atoms with Gasteiger partial charge < -0.3 is 0 Å². The average Bonchev–Trinajstić information content (AvgIpc) is 2.08. The third-order valence-electron chi connectivity index (χ3n) is 1.43. The zero-order chi connectivity index (χ0) is 10.9. The lowest BCUT2D eigenvalue weighted by molar-refractivity contribution is -0.422. The van der Waals surface area contributed by atoms with Crippen molar-refractivity contribution in [3.8, 4) is 0 Å². The molecule has 74 valence electrons. The molecule has 0 aromatic heterocycles. The quantitative estimate of drug-likeness (QED) is 0.584. The molecule has 8 heteroatoms. The zero-order valence-corrected chi connectivity index (χ0v) is 7.95. The summed E-state index contributed by atoms with van der Waals surface area (Å²) >= 11 is 10.9. The van der Waals surface area contributed by atoms with E-state index in [1.54, 1.807) is 0 Å². The van der Waals surface area contributed by atoms with E-state index in [9.17, 15) is 20.2 Å². The molecule has 0 aliphatic rings. The second kappa shape index (κ2) is 3.77. The first-order chi connectivity index (χ1) is 6.45. The third-order valence-corrected chi connectivity index (χ3v) is 2.22. The lowest BCUT2D eigenvalue weighted by Gasteiger charge is -1.98. The Morgan fingerprint density at radius 2 is 1.64 bits per heavy atom. The van der Waals surface area contributed by atoms with E-state index < -0.39 is 26.2 Å². The number of nitrogens with zero attached hydrogens (tertiary/aromatic N) is 2. The number of rotatable bonds is 2. The van der Waals surface area contributed by atoms with Crippen LogP contribution in [-0.2, 0) is 0 Å². The van der Waals surface area contributed by atoms with Gasteiger partial charge in [0.25, 0.3) is 0 Å². The van der Waals surface area contributed by atoms with Gasteiger partial charge in [0.15, 0.2) is 0 Å². The van der Waals surface area contributed by atoms with Gasteiger partial charge in [-0.1, -0.05) is 23.2 Å². The van der Waals surface area contributed by atoms with Gasteiger partial charge in [0.2, 0.25) is 0 Å². The molecule has 0 atom stereocenters. The standard InChI is InChI=1S/C6H2Cl2N2O4/c7-3-1-2-4(9(11)12)6(5(3)8)10(13)14/h1-2H. The molecule has 0 amide bonds. The van der Waals surface area contributed by atoms with Crippen LogP contribution in [0.2, 0.25) is 10.0 Å². The highest BCUT2D eigenvalue weighted by Gasteiger charge is 2.29. The molecule has 1 aromatic carbocycles. The fourth-order valence-corrected chi connectivity index (χ4v) is 1.23. The summed E-state index contributed by atoms with van der Waals surface area (Å²) < 4.78 is 0. The molecule has 0 spiro atoms. The molecule has 6 nitrogen and oxygen atoms in total. The van der Waals surface area contributed by atoms with Gasteiger partial charge in [-0.2, -0.15) is 0 Å². The molecular weight excluding hydrogens is 235 g/mol. The maximum Gasteiger partial charge on any atom is 0.365 e. The largest absolute Gasteiger partial charge is 0.365 e. The molecule has 0 aliphatic heterocycles. The lowest BCUT2D eigenvalue weighted by atomic mass is 10.3. The van der Waals surface area contributed by atoms with E-state index >= 15 is 0 Å². The Kier molecular flexibility index (Phi) is 2.87. The number of hydrogen-bond donors (Lipinski definition) is 0. The Morgan fingerprint density at radius 3 is 2.07 bits per heavy atom. The molecule has 0 fully saturated rings. The Labute approximate surface area is 87.3 Å². The van der Waals surface area contributed by atoms with Crippen molar-refractivity contribution in [1.82, 2.24) is 0 Å². The molecule has 0 saturated carbocycles. The minimum Gasteiger partial charge on any atom is -0.258 e. The van der Waals surface area contributed by atoms with Crippen molar-refractivity contribution in [2.24, 2.45) is 0 Å². The summed E-state index contributed by atoms with van der Waals surface area (Å²) in [5.41, 5.74) is -1.46. The van der Waals surface area contributed by atoms with E-state index in [0.717, 1.165) is 12.1 Å². The lowest BCUT2D eigenvalue weighted by Crippen LogP contribution is -1.97. The Bertz CT molecular complexity index is 421. The van der Waals surface area contributed by atoms with E-state index in [1.807, 2.05) is 0 Å². The topological polar surface area (TPSA) is 86.3 Å². The number of benzene rings is 1. The van der Waals surface area contributed by atoms with Crippen LogP contribution >= 0.6 is 23.2 Å². The van der Waals surface area contributed by atoms with Gasteiger partial charge in [0.1, 0.15) is 5.02 Å². The predicted molar refractivity (Wildman–Crippen MR) is 49.8 cm³/mol. The van der Waals surface area contributed by atoms with Gasteiger partial charge in [0.05, 0.1) is 14.9 Å². The van der Waals surface area contributed by atoms with E-state index in [1.165, 1.54) is 0 Å². The van der Waals surface area contributed by atoms with Crippen LogP contribution in [0.3, 0.4) is 0 Å². The molecular formula is C6H2Cl2N2O4. The maximum absolute atomic E-state index is 10.5. The molecule has 0 bridgehead atoms. The Hall–Kier alpha value is -1.40. The summed E-state index contributed by atoms with van der Waals surface area (Å²) in [4.78, 5) is 19.0. The van der Waals surface area contributed by atoms with Crippen LogP contribution in [0.15, 0.2) is 12.1 Å². The van der Waals surface area contributed by atoms with Gasteiger partial charge in [-0.25, -0.2) is 0 Å². The minimum atomic E-state index is -0.938. The Morgan fingerprint density at radius 1 is 1.07 bits per heavy atom. The average molecular weight is 237 g/mol. The van der Waals surface area contributed by atoms with E-state index in [0.29, 0.717) is 0 Å². The van der Waals surface area contributed by atoms with Gasteiger partial charge in [-0.3, -0.25) is 20.2 Å². The fourth-order valence-electron chi connectivity index (χ4n) is 0.851. The summed E-state index contributed by atoms with van der Waals surface area (Å²) in [6.07, 6.45) is 0.